The number of esters is 1. The molecule has 0 aliphatic rings. The number of aromatic nitrogens is 2. The fraction of sp³-hybridized carbons (Fsp3) is 0.500. The van der Waals surface area contributed by atoms with E-state index < -0.39 is 22.6 Å². The Hall–Kier alpha value is -1.56. The Labute approximate surface area is 102 Å². The maximum atomic E-state index is 11.5. The van der Waals surface area contributed by atoms with Crippen molar-refractivity contribution in [3.63, 3.8) is 0 Å². The van der Waals surface area contributed by atoms with Gasteiger partial charge in [0.15, 0.2) is 0 Å². The summed E-state index contributed by atoms with van der Waals surface area (Å²) in [4.78, 5) is 36.0. The first kappa shape index (κ1) is 13.5. The summed E-state index contributed by atoms with van der Waals surface area (Å²) in [7, 11) is 1.27. The van der Waals surface area contributed by atoms with Crippen molar-refractivity contribution >= 4 is 17.6 Å². The van der Waals surface area contributed by atoms with E-state index in [1.165, 1.54) is 17.9 Å². The van der Waals surface area contributed by atoms with Crippen LogP contribution < -0.4 is 11.2 Å². The summed E-state index contributed by atoms with van der Waals surface area (Å²) in [5, 5.41) is -0.106. The number of H-pyrrole nitrogens is 1. The minimum atomic E-state index is -0.889. The van der Waals surface area contributed by atoms with E-state index in [2.05, 4.69) is 9.72 Å². The monoisotopic (exact) mass is 260 g/mol. The molecule has 0 unspecified atom stereocenters. The quantitative estimate of drug-likeness (QED) is 0.797. The van der Waals surface area contributed by atoms with E-state index in [9.17, 15) is 14.4 Å². The van der Waals surface area contributed by atoms with Crippen LogP contribution in [0.4, 0.5) is 0 Å². The molecule has 0 spiro atoms. The minimum absolute atomic E-state index is 0.0645. The topological polar surface area (TPSA) is 81.2 Å². The first-order chi connectivity index (χ1) is 7.77. The molecule has 0 radical (unpaired) electrons. The molecule has 0 amide bonds. The zero-order valence-electron chi connectivity index (χ0n) is 9.74. The predicted molar refractivity (Wildman–Crippen MR) is 62.1 cm³/mol. The van der Waals surface area contributed by atoms with Gasteiger partial charge < -0.3 is 4.74 Å². The van der Waals surface area contributed by atoms with Crippen molar-refractivity contribution in [1.82, 2.24) is 9.55 Å². The average molecular weight is 261 g/mol. The summed E-state index contributed by atoms with van der Waals surface area (Å²) in [5.41, 5.74) is -2.15. The van der Waals surface area contributed by atoms with Crippen LogP contribution in [-0.4, -0.2) is 22.6 Å². The molecule has 1 aromatic rings. The molecule has 7 heteroatoms. The number of hydrogen-bond acceptors (Lipinski definition) is 4. The third-order valence-corrected chi connectivity index (χ3v) is 2.54. The molecular formula is C10H13ClN2O4. The van der Waals surface area contributed by atoms with Crippen LogP contribution in [0.25, 0.3) is 0 Å². The van der Waals surface area contributed by atoms with Crippen LogP contribution in [-0.2, 0) is 16.1 Å². The second kappa shape index (κ2) is 4.75. The van der Waals surface area contributed by atoms with Crippen molar-refractivity contribution in [3.8, 4) is 0 Å². The van der Waals surface area contributed by atoms with Crippen molar-refractivity contribution in [2.45, 2.75) is 20.4 Å². The fourth-order valence-electron chi connectivity index (χ4n) is 1.37. The number of nitrogens with zero attached hydrogens (tertiary/aromatic N) is 1. The highest BCUT2D eigenvalue weighted by atomic mass is 35.5. The summed E-state index contributed by atoms with van der Waals surface area (Å²) in [5.74, 6) is -0.452. The third kappa shape index (κ3) is 2.97. The molecule has 0 saturated heterocycles. The van der Waals surface area contributed by atoms with Crippen LogP contribution in [0.5, 0.6) is 0 Å². The molecule has 0 atom stereocenters. The smallest absolute Gasteiger partial charge is 0.328 e. The van der Waals surface area contributed by atoms with Gasteiger partial charge in [-0.2, -0.15) is 0 Å². The number of hydrogen-bond donors (Lipinski definition) is 1. The van der Waals surface area contributed by atoms with Crippen molar-refractivity contribution in [2.75, 3.05) is 7.11 Å². The van der Waals surface area contributed by atoms with E-state index in [-0.39, 0.29) is 11.6 Å². The number of halogens is 1. The standard InChI is InChI=1S/C10H13ClN2O4/c1-10(2,8(15)17-3)5-13-4-6(11)7(14)12-9(13)16/h4H,5H2,1-3H3,(H,12,14,16). The first-order valence-electron chi connectivity index (χ1n) is 4.85. The van der Waals surface area contributed by atoms with E-state index in [1.54, 1.807) is 13.8 Å². The molecule has 0 aliphatic heterocycles. The molecule has 94 valence electrons. The number of methoxy groups -OCH3 is 1. The molecule has 0 fully saturated rings. The van der Waals surface area contributed by atoms with Gasteiger partial charge in [0.05, 0.1) is 12.5 Å². The van der Waals surface area contributed by atoms with Crippen LogP contribution in [0.2, 0.25) is 5.02 Å². The van der Waals surface area contributed by atoms with Gasteiger partial charge in [0, 0.05) is 12.7 Å². The molecule has 0 saturated carbocycles. The van der Waals surface area contributed by atoms with E-state index in [0.717, 1.165) is 0 Å². The molecule has 1 aromatic heterocycles. The van der Waals surface area contributed by atoms with Crippen molar-refractivity contribution in [3.05, 3.63) is 32.1 Å². The Balaban J connectivity index is 3.12. The van der Waals surface area contributed by atoms with Crippen LogP contribution in [0, 0.1) is 5.41 Å². The van der Waals surface area contributed by atoms with E-state index >= 15 is 0 Å². The van der Waals surface area contributed by atoms with Gasteiger partial charge in [0.1, 0.15) is 5.02 Å². The maximum Gasteiger partial charge on any atom is 0.328 e. The highest BCUT2D eigenvalue weighted by Gasteiger charge is 2.29. The van der Waals surface area contributed by atoms with Crippen LogP contribution in [0.1, 0.15) is 13.8 Å². The average Bonchev–Trinajstić information content (AvgIpc) is 2.24. The lowest BCUT2D eigenvalue weighted by molar-refractivity contribution is -0.151. The zero-order valence-corrected chi connectivity index (χ0v) is 10.5. The highest BCUT2D eigenvalue weighted by Crippen LogP contribution is 2.19. The SMILES string of the molecule is COC(=O)C(C)(C)Cn1cc(Cl)c(=O)[nH]c1=O. The zero-order chi connectivity index (χ0) is 13.2. The summed E-state index contributed by atoms with van der Waals surface area (Å²) < 4.78 is 5.79. The second-order valence-corrected chi connectivity index (χ2v) is 4.65. The summed E-state index contributed by atoms with van der Waals surface area (Å²) in [6, 6.07) is 0. The predicted octanol–water partition coefficient (Wildman–Crippen LogP) is 0.389. The Kier molecular flexibility index (Phi) is 3.77. The molecule has 0 bridgehead atoms. The first-order valence-corrected chi connectivity index (χ1v) is 5.23. The molecule has 1 N–H and O–H groups in total. The van der Waals surface area contributed by atoms with Gasteiger partial charge in [-0.15, -0.1) is 0 Å². The number of aromatic amines is 1. The molecule has 17 heavy (non-hydrogen) atoms. The Morgan fingerprint density at radius 1 is 1.53 bits per heavy atom. The molecule has 0 aromatic carbocycles. The second-order valence-electron chi connectivity index (χ2n) is 4.24. The lowest BCUT2D eigenvalue weighted by Gasteiger charge is -2.22. The van der Waals surface area contributed by atoms with Gasteiger partial charge in [-0.05, 0) is 13.8 Å². The third-order valence-electron chi connectivity index (χ3n) is 2.27. The van der Waals surface area contributed by atoms with Crippen LogP contribution in [0.15, 0.2) is 15.8 Å². The van der Waals surface area contributed by atoms with Crippen molar-refractivity contribution in [1.29, 1.82) is 0 Å². The lowest BCUT2D eigenvalue weighted by atomic mass is 9.94. The van der Waals surface area contributed by atoms with Crippen LogP contribution >= 0.6 is 11.6 Å². The fourth-order valence-corrected chi connectivity index (χ4v) is 1.53. The van der Waals surface area contributed by atoms with Crippen LogP contribution in [0.3, 0.4) is 0 Å². The molecule has 1 rings (SSSR count). The highest BCUT2D eigenvalue weighted by molar-refractivity contribution is 6.30. The molecule has 0 aliphatic carbocycles. The lowest BCUT2D eigenvalue weighted by Crippen LogP contribution is -2.37. The number of rotatable bonds is 3. The van der Waals surface area contributed by atoms with Gasteiger partial charge in [-0.3, -0.25) is 19.1 Å². The Morgan fingerprint density at radius 2 is 2.12 bits per heavy atom. The number of carbonyl (C=O) groups is 1. The van der Waals surface area contributed by atoms with Gasteiger partial charge in [0.2, 0.25) is 0 Å². The normalized spacial score (nSPS) is 11.3. The minimum Gasteiger partial charge on any atom is -0.469 e. The molecule has 6 nitrogen and oxygen atoms in total. The van der Waals surface area contributed by atoms with Gasteiger partial charge in [-0.25, -0.2) is 4.79 Å². The van der Waals surface area contributed by atoms with E-state index in [0.29, 0.717) is 0 Å². The summed E-state index contributed by atoms with van der Waals surface area (Å²) in [6.07, 6.45) is 1.20. The number of carbonyl (C=O) groups excluding carboxylic acids is 1. The van der Waals surface area contributed by atoms with Crippen molar-refractivity contribution < 1.29 is 9.53 Å². The Morgan fingerprint density at radius 3 is 2.65 bits per heavy atom. The van der Waals surface area contributed by atoms with Crippen molar-refractivity contribution in [2.24, 2.45) is 5.41 Å². The van der Waals surface area contributed by atoms with Gasteiger partial charge in [-0.1, -0.05) is 11.6 Å². The maximum absolute atomic E-state index is 11.5. The largest absolute Gasteiger partial charge is 0.469 e. The van der Waals surface area contributed by atoms with Gasteiger partial charge in [0.25, 0.3) is 5.56 Å². The number of nitrogens with one attached hydrogen (secondary N) is 1. The van der Waals surface area contributed by atoms with E-state index in [4.69, 9.17) is 11.6 Å². The number of ether oxygens (including phenoxy) is 1. The molecular weight excluding hydrogens is 248 g/mol. The molecule has 1 heterocycles. The van der Waals surface area contributed by atoms with Gasteiger partial charge >= 0.3 is 11.7 Å². The van der Waals surface area contributed by atoms with E-state index in [1.807, 2.05) is 0 Å². The summed E-state index contributed by atoms with van der Waals surface area (Å²) in [6.45, 7) is 3.32. The Bertz CT molecular complexity index is 544. The summed E-state index contributed by atoms with van der Waals surface area (Å²) >= 11 is 5.61.